The van der Waals surface area contributed by atoms with Crippen molar-refractivity contribution in [2.24, 2.45) is 0 Å². The summed E-state index contributed by atoms with van der Waals surface area (Å²) in [6.45, 7) is 0.853. The molecule has 1 amide bonds. The van der Waals surface area contributed by atoms with Crippen LogP contribution in [0.3, 0.4) is 0 Å². The summed E-state index contributed by atoms with van der Waals surface area (Å²) in [5, 5.41) is 12.4. The van der Waals surface area contributed by atoms with E-state index >= 15 is 0 Å². The van der Waals surface area contributed by atoms with Crippen LogP contribution in [0.5, 0.6) is 5.75 Å². The van der Waals surface area contributed by atoms with Crippen molar-refractivity contribution < 1.29 is 14.6 Å². The number of carbonyl (C=O) groups excluding carboxylic acids is 1. The lowest BCUT2D eigenvalue weighted by molar-refractivity contribution is 0.139. The van der Waals surface area contributed by atoms with Crippen molar-refractivity contribution in [1.82, 2.24) is 5.32 Å². The minimum atomic E-state index is -0.397. The molecule has 0 aliphatic carbocycles. The fraction of sp³-hybridized carbons (Fsp3) is 0.278. The molecule has 0 radical (unpaired) electrons. The molecule has 0 aliphatic rings. The van der Waals surface area contributed by atoms with Crippen LogP contribution < -0.4 is 5.32 Å². The molecular weight excluding hydrogens is 278 g/mol. The number of para-hydroxylation sites is 1. The number of alkyl carbamates (subject to hydrolysis) is 1. The predicted molar refractivity (Wildman–Crippen MR) is 85.7 cm³/mol. The SMILES string of the molecule is O=C(NCCCCc1ccccc1O)OCc1ccccc1. The third kappa shape index (κ3) is 5.48. The summed E-state index contributed by atoms with van der Waals surface area (Å²) in [6.07, 6.45) is 2.14. The van der Waals surface area contributed by atoms with Gasteiger partial charge in [0.1, 0.15) is 12.4 Å². The van der Waals surface area contributed by atoms with Crippen LogP contribution in [0.25, 0.3) is 0 Å². The first kappa shape index (κ1) is 15.9. The summed E-state index contributed by atoms with van der Waals surface area (Å²) in [4.78, 5) is 11.5. The Labute approximate surface area is 130 Å². The zero-order valence-corrected chi connectivity index (χ0v) is 12.5. The highest BCUT2D eigenvalue weighted by Crippen LogP contribution is 2.17. The van der Waals surface area contributed by atoms with E-state index in [1.807, 2.05) is 48.5 Å². The first-order valence-corrected chi connectivity index (χ1v) is 7.47. The van der Waals surface area contributed by atoms with E-state index in [0.29, 0.717) is 12.3 Å². The standard InChI is InChI=1S/C18H21NO3/c20-17-12-5-4-10-16(17)11-6-7-13-19-18(21)22-14-15-8-2-1-3-9-15/h1-5,8-10,12,20H,6-7,11,13-14H2,(H,19,21). The normalized spacial score (nSPS) is 10.2. The van der Waals surface area contributed by atoms with Crippen molar-refractivity contribution in [3.8, 4) is 5.75 Å². The first-order chi connectivity index (χ1) is 10.8. The Hall–Kier alpha value is -2.49. The predicted octanol–water partition coefficient (Wildman–Crippen LogP) is 3.64. The molecule has 2 aromatic carbocycles. The molecule has 0 heterocycles. The van der Waals surface area contributed by atoms with Crippen molar-refractivity contribution in [2.45, 2.75) is 25.9 Å². The average Bonchev–Trinajstić information content (AvgIpc) is 2.55. The van der Waals surface area contributed by atoms with Gasteiger partial charge in [-0.15, -0.1) is 0 Å². The summed E-state index contributed by atoms with van der Waals surface area (Å²) in [6, 6.07) is 16.9. The van der Waals surface area contributed by atoms with E-state index in [0.717, 1.165) is 30.4 Å². The molecule has 2 N–H and O–H groups in total. The van der Waals surface area contributed by atoms with Gasteiger partial charge in [0.2, 0.25) is 0 Å². The third-order valence-corrected chi connectivity index (χ3v) is 3.35. The van der Waals surface area contributed by atoms with Gasteiger partial charge in [-0.25, -0.2) is 4.79 Å². The van der Waals surface area contributed by atoms with Crippen LogP contribution in [0.1, 0.15) is 24.0 Å². The van der Waals surface area contributed by atoms with Crippen LogP contribution >= 0.6 is 0 Å². The highest BCUT2D eigenvalue weighted by molar-refractivity contribution is 5.67. The number of nitrogens with one attached hydrogen (secondary N) is 1. The molecule has 0 unspecified atom stereocenters. The smallest absolute Gasteiger partial charge is 0.407 e. The van der Waals surface area contributed by atoms with Gasteiger partial charge in [0.15, 0.2) is 0 Å². The minimum Gasteiger partial charge on any atom is -0.508 e. The Bertz CT molecular complexity index is 584. The zero-order chi connectivity index (χ0) is 15.6. The van der Waals surface area contributed by atoms with E-state index in [1.165, 1.54) is 0 Å². The topological polar surface area (TPSA) is 58.6 Å². The maximum atomic E-state index is 11.5. The van der Waals surface area contributed by atoms with Crippen molar-refractivity contribution in [3.63, 3.8) is 0 Å². The van der Waals surface area contributed by atoms with Crippen LogP contribution in [-0.4, -0.2) is 17.7 Å². The summed E-state index contributed by atoms with van der Waals surface area (Å²) >= 11 is 0. The molecule has 0 aromatic heterocycles. The van der Waals surface area contributed by atoms with Crippen LogP contribution in [-0.2, 0) is 17.8 Å². The fourth-order valence-corrected chi connectivity index (χ4v) is 2.13. The van der Waals surface area contributed by atoms with Gasteiger partial charge in [-0.3, -0.25) is 0 Å². The summed E-state index contributed by atoms with van der Waals surface area (Å²) in [5.74, 6) is 0.331. The molecule has 0 saturated heterocycles. The van der Waals surface area contributed by atoms with Crippen LogP contribution in [0.4, 0.5) is 4.79 Å². The zero-order valence-electron chi connectivity index (χ0n) is 12.5. The van der Waals surface area contributed by atoms with E-state index < -0.39 is 6.09 Å². The van der Waals surface area contributed by atoms with E-state index in [4.69, 9.17) is 4.74 Å². The number of aryl methyl sites for hydroxylation is 1. The second-order valence-corrected chi connectivity index (χ2v) is 5.07. The van der Waals surface area contributed by atoms with Crippen LogP contribution in [0.15, 0.2) is 54.6 Å². The number of ether oxygens (including phenoxy) is 1. The molecule has 4 heteroatoms. The second-order valence-electron chi connectivity index (χ2n) is 5.07. The lowest BCUT2D eigenvalue weighted by atomic mass is 10.1. The van der Waals surface area contributed by atoms with Gasteiger partial charge >= 0.3 is 6.09 Å². The number of amides is 1. The van der Waals surface area contributed by atoms with E-state index in [1.54, 1.807) is 6.07 Å². The lowest BCUT2D eigenvalue weighted by Gasteiger charge is -2.07. The molecule has 2 rings (SSSR count). The highest BCUT2D eigenvalue weighted by atomic mass is 16.5. The number of carbonyl (C=O) groups is 1. The number of phenols is 1. The maximum absolute atomic E-state index is 11.5. The summed E-state index contributed by atoms with van der Waals surface area (Å²) in [5.41, 5.74) is 1.91. The highest BCUT2D eigenvalue weighted by Gasteiger charge is 2.03. The molecular formula is C18H21NO3. The van der Waals surface area contributed by atoms with Gasteiger partial charge in [0.25, 0.3) is 0 Å². The van der Waals surface area contributed by atoms with E-state index in [2.05, 4.69) is 5.32 Å². The second kappa shape index (κ2) is 8.72. The van der Waals surface area contributed by atoms with Crippen molar-refractivity contribution in [2.75, 3.05) is 6.54 Å². The Morgan fingerprint density at radius 1 is 1.00 bits per heavy atom. The van der Waals surface area contributed by atoms with Crippen molar-refractivity contribution >= 4 is 6.09 Å². The van der Waals surface area contributed by atoms with Crippen molar-refractivity contribution in [3.05, 3.63) is 65.7 Å². The van der Waals surface area contributed by atoms with Crippen LogP contribution in [0.2, 0.25) is 0 Å². The Morgan fingerprint density at radius 2 is 1.73 bits per heavy atom. The van der Waals surface area contributed by atoms with Gasteiger partial charge in [0.05, 0.1) is 0 Å². The quantitative estimate of drug-likeness (QED) is 0.767. The van der Waals surface area contributed by atoms with E-state index in [-0.39, 0.29) is 6.61 Å². The fourth-order valence-electron chi connectivity index (χ4n) is 2.13. The molecule has 116 valence electrons. The van der Waals surface area contributed by atoms with Gasteiger partial charge in [-0.2, -0.15) is 0 Å². The molecule has 0 atom stereocenters. The largest absolute Gasteiger partial charge is 0.508 e. The van der Waals surface area contributed by atoms with Crippen molar-refractivity contribution in [1.29, 1.82) is 0 Å². The summed E-state index contributed by atoms with van der Waals surface area (Å²) in [7, 11) is 0. The van der Waals surface area contributed by atoms with Gasteiger partial charge < -0.3 is 15.2 Å². The number of benzene rings is 2. The summed E-state index contributed by atoms with van der Waals surface area (Å²) < 4.78 is 5.12. The number of aromatic hydroxyl groups is 1. The number of phenolic OH excluding ortho intramolecular Hbond substituents is 1. The molecule has 2 aromatic rings. The molecule has 0 aliphatic heterocycles. The Balaban J connectivity index is 1.57. The molecule has 0 saturated carbocycles. The first-order valence-electron chi connectivity index (χ1n) is 7.47. The van der Waals surface area contributed by atoms with Crippen LogP contribution in [0, 0.1) is 0 Å². The van der Waals surface area contributed by atoms with E-state index in [9.17, 15) is 9.90 Å². The van der Waals surface area contributed by atoms with Gasteiger partial charge in [-0.05, 0) is 36.5 Å². The Morgan fingerprint density at radius 3 is 2.50 bits per heavy atom. The monoisotopic (exact) mass is 299 g/mol. The molecule has 0 fully saturated rings. The van der Waals surface area contributed by atoms with Gasteiger partial charge in [-0.1, -0.05) is 48.5 Å². The number of hydrogen-bond donors (Lipinski definition) is 2. The Kier molecular flexibility index (Phi) is 6.30. The number of unbranched alkanes of at least 4 members (excludes halogenated alkanes) is 1. The molecule has 22 heavy (non-hydrogen) atoms. The molecule has 0 bridgehead atoms. The average molecular weight is 299 g/mol. The number of rotatable bonds is 7. The lowest BCUT2D eigenvalue weighted by Crippen LogP contribution is -2.25. The number of hydrogen-bond acceptors (Lipinski definition) is 3. The maximum Gasteiger partial charge on any atom is 0.407 e. The van der Waals surface area contributed by atoms with Gasteiger partial charge in [0, 0.05) is 6.54 Å². The third-order valence-electron chi connectivity index (χ3n) is 3.35. The minimum absolute atomic E-state index is 0.282. The molecule has 0 spiro atoms. The molecule has 4 nitrogen and oxygen atoms in total.